The Morgan fingerprint density at radius 3 is 2.57 bits per heavy atom. The minimum atomic E-state index is -0.538. The molecule has 0 spiro atoms. The summed E-state index contributed by atoms with van der Waals surface area (Å²) < 4.78 is 4.93. The van der Waals surface area contributed by atoms with E-state index in [1.807, 2.05) is 13.8 Å². The van der Waals surface area contributed by atoms with Gasteiger partial charge >= 0.3 is 5.97 Å². The Kier molecular flexibility index (Phi) is 3.51. The molecule has 0 saturated heterocycles. The van der Waals surface area contributed by atoms with Crippen molar-refractivity contribution in [2.24, 2.45) is 5.92 Å². The number of rotatable bonds is 3. The Bertz CT molecular complexity index is 318. The number of carbonyl (C=O) groups excluding carboxylic acids is 1. The monoisotopic (exact) mass is 193 g/mol. The predicted molar refractivity (Wildman–Crippen MR) is 51.7 cm³/mol. The minimum Gasteiger partial charge on any atom is -0.462 e. The quantitative estimate of drug-likeness (QED) is 0.693. The number of benzene rings is 1. The van der Waals surface area contributed by atoms with E-state index in [-0.39, 0.29) is 17.2 Å². The van der Waals surface area contributed by atoms with E-state index in [0.717, 1.165) is 0 Å². The van der Waals surface area contributed by atoms with E-state index in [2.05, 4.69) is 0 Å². The first-order valence-corrected chi connectivity index (χ1v) is 4.54. The number of hydrogen-bond donors (Lipinski definition) is 0. The van der Waals surface area contributed by atoms with Crippen molar-refractivity contribution in [2.45, 2.75) is 13.8 Å². The first-order chi connectivity index (χ1) is 6.61. The lowest BCUT2D eigenvalue weighted by molar-refractivity contribution is 0.0454. The molecule has 1 aromatic carbocycles. The van der Waals surface area contributed by atoms with E-state index < -0.39 is 5.97 Å². The lowest BCUT2D eigenvalue weighted by Crippen LogP contribution is -2.10. The maximum absolute atomic E-state index is 11.3. The Labute approximate surface area is 83.3 Å². The number of ether oxygens (including phenoxy) is 1. The molecule has 0 unspecified atom stereocenters. The zero-order valence-electron chi connectivity index (χ0n) is 8.32. The van der Waals surface area contributed by atoms with Gasteiger partial charge in [0, 0.05) is 0 Å². The average Bonchev–Trinajstić information content (AvgIpc) is 2.15. The van der Waals surface area contributed by atoms with Gasteiger partial charge < -0.3 is 4.74 Å². The van der Waals surface area contributed by atoms with Gasteiger partial charge in [0.05, 0.1) is 6.61 Å². The Balaban J connectivity index is 2.65. The molecule has 75 valence electrons. The van der Waals surface area contributed by atoms with E-state index >= 15 is 0 Å². The van der Waals surface area contributed by atoms with Gasteiger partial charge in [0.15, 0.2) is 5.75 Å². The summed E-state index contributed by atoms with van der Waals surface area (Å²) >= 11 is 0. The first kappa shape index (κ1) is 10.6. The smallest absolute Gasteiger partial charge is 0.342 e. The van der Waals surface area contributed by atoms with Gasteiger partial charge in [0.25, 0.3) is 0 Å². The molecule has 0 aliphatic heterocycles. The molecule has 0 heterocycles. The van der Waals surface area contributed by atoms with Crippen LogP contribution in [-0.4, -0.2) is 12.6 Å². The Morgan fingerprint density at radius 2 is 2.00 bits per heavy atom. The molecule has 1 radical (unpaired) electrons. The first-order valence-electron chi connectivity index (χ1n) is 4.54. The molecular formula is C11H13O3. The summed E-state index contributed by atoms with van der Waals surface area (Å²) in [6.07, 6.45) is 0. The van der Waals surface area contributed by atoms with Crippen LogP contribution in [0.25, 0.3) is 0 Å². The standard InChI is InChI=1S/C11H13O3/c1-8(2)7-14-11(13)9-5-3-4-6-10(9)12/h3-6,8H,7H2,1-2H3. The summed E-state index contributed by atoms with van der Waals surface area (Å²) in [7, 11) is 0. The van der Waals surface area contributed by atoms with Crippen LogP contribution < -0.4 is 0 Å². The third kappa shape index (κ3) is 2.76. The SMILES string of the molecule is CC(C)COC(=O)c1ccccc1[O]. The van der Waals surface area contributed by atoms with Crippen LogP contribution in [0.4, 0.5) is 0 Å². The van der Waals surface area contributed by atoms with Crippen LogP contribution in [-0.2, 0) is 9.84 Å². The van der Waals surface area contributed by atoms with Crippen molar-refractivity contribution in [3.63, 3.8) is 0 Å². The highest BCUT2D eigenvalue weighted by molar-refractivity contribution is 5.92. The number of hydrogen-bond acceptors (Lipinski definition) is 2. The third-order valence-corrected chi connectivity index (χ3v) is 1.65. The van der Waals surface area contributed by atoms with Gasteiger partial charge in [-0.1, -0.05) is 26.0 Å². The molecule has 0 aliphatic carbocycles. The average molecular weight is 193 g/mol. The topological polar surface area (TPSA) is 46.2 Å². The molecule has 14 heavy (non-hydrogen) atoms. The number of esters is 1. The summed E-state index contributed by atoms with van der Waals surface area (Å²) in [6, 6.07) is 6.08. The van der Waals surface area contributed by atoms with Crippen molar-refractivity contribution in [1.29, 1.82) is 0 Å². The second-order valence-electron chi connectivity index (χ2n) is 3.49. The minimum absolute atomic E-state index is 0.105. The van der Waals surface area contributed by atoms with Crippen LogP contribution in [0.1, 0.15) is 24.2 Å². The van der Waals surface area contributed by atoms with E-state index in [9.17, 15) is 9.90 Å². The van der Waals surface area contributed by atoms with Crippen LogP contribution in [0, 0.1) is 5.92 Å². The van der Waals surface area contributed by atoms with Gasteiger partial charge in [-0.3, -0.25) is 5.11 Å². The molecule has 3 nitrogen and oxygen atoms in total. The third-order valence-electron chi connectivity index (χ3n) is 1.65. The van der Waals surface area contributed by atoms with Crippen molar-refractivity contribution < 1.29 is 14.6 Å². The molecule has 0 aliphatic rings. The molecule has 0 bridgehead atoms. The normalized spacial score (nSPS) is 10.2. The maximum atomic E-state index is 11.3. The zero-order valence-corrected chi connectivity index (χ0v) is 8.32. The van der Waals surface area contributed by atoms with Crippen molar-refractivity contribution >= 4 is 5.97 Å². The lowest BCUT2D eigenvalue weighted by atomic mass is 10.2. The Morgan fingerprint density at radius 1 is 1.36 bits per heavy atom. The van der Waals surface area contributed by atoms with Crippen LogP contribution in [0.5, 0.6) is 5.75 Å². The van der Waals surface area contributed by atoms with Crippen LogP contribution >= 0.6 is 0 Å². The second kappa shape index (κ2) is 4.65. The van der Waals surface area contributed by atoms with E-state index in [1.165, 1.54) is 12.1 Å². The summed E-state index contributed by atoms with van der Waals surface area (Å²) in [5, 5.41) is 11.2. The predicted octanol–water partition coefficient (Wildman–Crippen LogP) is 2.64. The number of carbonyl (C=O) groups is 1. The van der Waals surface area contributed by atoms with Crippen molar-refractivity contribution in [1.82, 2.24) is 0 Å². The van der Waals surface area contributed by atoms with Crippen molar-refractivity contribution in [3.8, 4) is 5.75 Å². The fourth-order valence-corrected chi connectivity index (χ4v) is 0.955. The highest BCUT2D eigenvalue weighted by atomic mass is 16.5. The van der Waals surface area contributed by atoms with E-state index in [0.29, 0.717) is 6.61 Å². The molecule has 0 atom stereocenters. The Hall–Kier alpha value is -1.51. The number of para-hydroxylation sites is 1. The largest absolute Gasteiger partial charge is 0.462 e. The molecular weight excluding hydrogens is 180 g/mol. The van der Waals surface area contributed by atoms with Crippen LogP contribution in [0.15, 0.2) is 24.3 Å². The van der Waals surface area contributed by atoms with E-state index in [4.69, 9.17) is 4.74 Å². The van der Waals surface area contributed by atoms with Crippen molar-refractivity contribution in [3.05, 3.63) is 29.8 Å². The summed E-state index contributed by atoms with van der Waals surface area (Å²) in [6.45, 7) is 4.22. The highest BCUT2D eigenvalue weighted by Gasteiger charge is 2.12. The molecule has 0 N–H and O–H groups in total. The van der Waals surface area contributed by atoms with Crippen LogP contribution in [0.2, 0.25) is 0 Å². The summed E-state index contributed by atoms with van der Waals surface area (Å²) in [4.78, 5) is 11.3. The van der Waals surface area contributed by atoms with Gasteiger partial charge in [-0.05, 0) is 18.1 Å². The van der Waals surface area contributed by atoms with E-state index in [1.54, 1.807) is 12.1 Å². The fourth-order valence-electron chi connectivity index (χ4n) is 0.955. The summed E-state index contributed by atoms with van der Waals surface area (Å²) in [5.74, 6) is -0.552. The molecule has 1 rings (SSSR count). The molecule has 0 saturated carbocycles. The van der Waals surface area contributed by atoms with Gasteiger partial charge in [-0.2, -0.15) is 0 Å². The van der Waals surface area contributed by atoms with Gasteiger partial charge in [-0.25, -0.2) is 4.79 Å². The molecule has 0 fully saturated rings. The molecule has 0 aromatic heterocycles. The zero-order chi connectivity index (χ0) is 10.6. The second-order valence-corrected chi connectivity index (χ2v) is 3.49. The molecule has 3 heteroatoms. The van der Waals surface area contributed by atoms with Gasteiger partial charge in [0.2, 0.25) is 0 Å². The van der Waals surface area contributed by atoms with Gasteiger partial charge in [0.1, 0.15) is 5.56 Å². The highest BCUT2D eigenvalue weighted by Crippen LogP contribution is 2.17. The summed E-state index contributed by atoms with van der Waals surface area (Å²) in [5.41, 5.74) is 0.105. The maximum Gasteiger partial charge on any atom is 0.342 e. The molecule has 1 aromatic rings. The van der Waals surface area contributed by atoms with Crippen LogP contribution in [0.3, 0.4) is 0 Å². The fraction of sp³-hybridized carbons (Fsp3) is 0.364. The lowest BCUT2D eigenvalue weighted by Gasteiger charge is -2.06. The van der Waals surface area contributed by atoms with Crippen molar-refractivity contribution in [2.75, 3.05) is 6.61 Å². The van der Waals surface area contributed by atoms with Gasteiger partial charge in [-0.15, -0.1) is 0 Å². The molecule has 0 amide bonds.